The minimum absolute atomic E-state index is 0.0829. The molecular formula is C29H34F3N6O4+. The number of esters is 1. The Morgan fingerprint density at radius 2 is 1.98 bits per heavy atom. The van der Waals surface area contributed by atoms with Crippen LogP contribution < -0.4 is 10.6 Å². The number of hydrogen-bond donors (Lipinski definition) is 2. The predicted octanol–water partition coefficient (Wildman–Crippen LogP) is 4.09. The average Bonchev–Trinajstić information content (AvgIpc) is 2.94. The number of ether oxygens (including phenoxy) is 2. The van der Waals surface area contributed by atoms with Crippen molar-refractivity contribution in [3.63, 3.8) is 0 Å². The molecule has 1 fully saturated rings. The van der Waals surface area contributed by atoms with Gasteiger partial charge in [-0.05, 0) is 36.8 Å². The van der Waals surface area contributed by atoms with Gasteiger partial charge in [0.2, 0.25) is 5.96 Å². The number of halogens is 3. The Balaban J connectivity index is 2.26. The first kappa shape index (κ1) is 32.1. The number of morpholine rings is 1. The summed E-state index contributed by atoms with van der Waals surface area (Å²) in [4.78, 5) is 28.2. The van der Waals surface area contributed by atoms with Crippen molar-refractivity contribution in [2.75, 3.05) is 51.9 Å². The molecule has 0 radical (unpaired) electrons. The summed E-state index contributed by atoms with van der Waals surface area (Å²) >= 11 is 0. The molecule has 3 rings (SSSR count). The van der Waals surface area contributed by atoms with Gasteiger partial charge in [-0.1, -0.05) is 24.8 Å². The molecule has 0 aromatic heterocycles. The van der Waals surface area contributed by atoms with E-state index < -0.39 is 35.7 Å². The van der Waals surface area contributed by atoms with Gasteiger partial charge in [-0.3, -0.25) is 15.2 Å². The summed E-state index contributed by atoms with van der Waals surface area (Å²) < 4.78 is 51.8. The Bertz CT molecular complexity index is 1390. The lowest BCUT2D eigenvalue weighted by atomic mass is 9.89. The minimum atomic E-state index is -4.67. The maximum atomic E-state index is 13.5. The lowest BCUT2D eigenvalue weighted by Gasteiger charge is -2.44. The maximum absolute atomic E-state index is 13.5. The van der Waals surface area contributed by atoms with Crippen LogP contribution >= 0.6 is 0 Å². The molecule has 2 aliphatic rings. The third kappa shape index (κ3) is 6.89. The first-order chi connectivity index (χ1) is 19.8. The van der Waals surface area contributed by atoms with Crippen LogP contribution in [0.3, 0.4) is 0 Å². The van der Waals surface area contributed by atoms with Crippen molar-refractivity contribution in [2.45, 2.75) is 25.6 Å². The number of nitrogens with zero attached hydrogens (tertiary/aromatic N) is 4. The summed E-state index contributed by atoms with van der Waals surface area (Å²) in [7, 11) is 3.18. The number of carbonyl (C=O) groups is 2. The van der Waals surface area contributed by atoms with E-state index in [-0.39, 0.29) is 22.5 Å². The Labute approximate surface area is 242 Å². The minimum Gasteiger partial charge on any atom is -0.466 e. The molecule has 1 aromatic rings. The van der Waals surface area contributed by atoms with E-state index >= 15 is 0 Å². The van der Waals surface area contributed by atoms with Crippen LogP contribution in [0.4, 0.5) is 23.7 Å². The third-order valence-corrected chi connectivity index (χ3v) is 7.44. The van der Waals surface area contributed by atoms with Crippen LogP contribution in [0, 0.1) is 16.7 Å². The van der Waals surface area contributed by atoms with Crippen LogP contribution in [-0.2, 0) is 20.4 Å². The van der Waals surface area contributed by atoms with Crippen LogP contribution in [0.1, 0.15) is 18.9 Å². The van der Waals surface area contributed by atoms with Gasteiger partial charge in [0.05, 0.1) is 62.7 Å². The van der Waals surface area contributed by atoms with Crippen molar-refractivity contribution >= 4 is 23.6 Å². The zero-order valence-electron chi connectivity index (χ0n) is 23.7. The van der Waals surface area contributed by atoms with Crippen LogP contribution in [-0.4, -0.2) is 80.4 Å². The van der Waals surface area contributed by atoms with Crippen molar-refractivity contribution in [1.82, 2.24) is 4.90 Å². The number of anilines is 1. The number of nitriles is 1. The van der Waals surface area contributed by atoms with Gasteiger partial charge in [-0.2, -0.15) is 18.4 Å². The Morgan fingerprint density at radius 3 is 2.52 bits per heavy atom. The van der Waals surface area contributed by atoms with E-state index in [1.165, 1.54) is 31.2 Å². The van der Waals surface area contributed by atoms with Gasteiger partial charge in [0.15, 0.2) is 0 Å². The number of nitrogens with two attached hydrogens (primary N) is 1. The number of benzene rings is 1. The van der Waals surface area contributed by atoms with Gasteiger partial charge in [0, 0.05) is 17.8 Å². The SMILES string of the molecule is C=C/C(C#N)=C\C=C(/CC[N+]1(C)CCOCC1)[C@@H]1C(C(=O)OC)=C(C)N(c2cccc(C(F)(F)F)c2)C(=N)N1C(N)=O. The molecule has 0 spiro atoms. The van der Waals surface area contributed by atoms with Crippen molar-refractivity contribution in [3.05, 3.63) is 77.1 Å². The number of guanidine groups is 1. The molecule has 0 bridgehead atoms. The molecule has 42 heavy (non-hydrogen) atoms. The van der Waals surface area contributed by atoms with Crippen LogP contribution in [0.2, 0.25) is 0 Å². The third-order valence-electron chi connectivity index (χ3n) is 7.44. The summed E-state index contributed by atoms with van der Waals surface area (Å²) in [6.07, 6.45) is 0.0378. The molecule has 0 saturated carbocycles. The summed E-state index contributed by atoms with van der Waals surface area (Å²) in [5, 5.41) is 18.4. The maximum Gasteiger partial charge on any atom is 0.416 e. The molecule has 224 valence electrons. The monoisotopic (exact) mass is 587 g/mol. The van der Waals surface area contributed by atoms with E-state index in [2.05, 4.69) is 6.58 Å². The average molecular weight is 588 g/mol. The number of urea groups is 1. The molecule has 2 aliphatic heterocycles. The fraction of sp³-hybridized carbons (Fsp3) is 0.379. The second kappa shape index (κ2) is 13.1. The number of amides is 2. The van der Waals surface area contributed by atoms with Gasteiger partial charge >= 0.3 is 18.2 Å². The second-order valence-corrected chi connectivity index (χ2v) is 10.1. The molecule has 2 amide bonds. The highest BCUT2D eigenvalue weighted by Gasteiger charge is 2.45. The molecule has 3 N–H and O–H groups in total. The van der Waals surface area contributed by atoms with Crippen molar-refractivity contribution in [1.29, 1.82) is 10.7 Å². The summed E-state index contributed by atoms with van der Waals surface area (Å²) in [6, 6.07) is 3.83. The number of alkyl halides is 3. The van der Waals surface area contributed by atoms with E-state index in [1.807, 2.05) is 13.1 Å². The summed E-state index contributed by atoms with van der Waals surface area (Å²) in [5.74, 6) is -1.41. The lowest BCUT2D eigenvalue weighted by molar-refractivity contribution is -0.916. The molecular weight excluding hydrogens is 553 g/mol. The lowest BCUT2D eigenvalue weighted by Crippen LogP contribution is -2.60. The van der Waals surface area contributed by atoms with Gasteiger partial charge in [-0.15, -0.1) is 0 Å². The van der Waals surface area contributed by atoms with Crippen LogP contribution in [0.25, 0.3) is 0 Å². The fourth-order valence-electron chi connectivity index (χ4n) is 4.99. The highest BCUT2D eigenvalue weighted by molar-refractivity contribution is 6.10. The highest BCUT2D eigenvalue weighted by atomic mass is 19.4. The molecule has 1 atom stereocenters. The van der Waals surface area contributed by atoms with Crippen molar-refractivity contribution < 1.29 is 36.7 Å². The number of primary amides is 1. The van der Waals surface area contributed by atoms with Crippen LogP contribution in [0.5, 0.6) is 0 Å². The van der Waals surface area contributed by atoms with E-state index in [1.54, 1.807) is 6.08 Å². The van der Waals surface area contributed by atoms with E-state index in [0.29, 0.717) is 36.2 Å². The Hall–Kier alpha value is -4.41. The van der Waals surface area contributed by atoms with Gasteiger partial charge in [0.25, 0.3) is 0 Å². The molecule has 0 unspecified atom stereocenters. The smallest absolute Gasteiger partial charge is 0.416 e. The number of nitrogens with one attached hydrogen (secondary N) is 1. The standard InChI is InChI=1S/C29H33F3N6O4/c1-5-20(18-33)9-10-21(11-12-38(3)13-15-42-16-14-38)25-24(26(39)41-4)19(2)36(27(34)37(25)28(35)40)23-8-6-7-22(17-23)29(30,31)32/h5-10,17,25,34H,1,11-16H2,2-4H3,(H-,35,40)/p+1/b20-9+,21-10+,34-27?/t25-/m1/s1. The number of carbonyl (C=O) groups excluding carboxylic acids is 2. The van der Waals surface area contributed by atoms with Crippen molar-refractivity contribution in [2.24, 2.45) is 5.73 Å². The molecule has 2 heterocycles. The van der Waals surface area contributed by atoms with Gasteiger partial charge in [0.1, 0.15) is 13.1 Å². The molecule has 13 heteroatoms. The van der Waals surface area contributed by atoms with Gasteiger partial charge < -0.3 is 19.7 Å². The molecule has 0 aliphatic carbocycles. The first-order valence-corrected chi connectivity index (χ1v) is 13.1. The quantitative estimate of drug-likeness (QED) is 0.204. The van der Waals surface area contributed by atoms with E-state index in [0.717, 1.165) is 42.1 Å². The molecule has 1 aromatic carbocycles. The summed E-state index contributed by atoms with van der Waals surface area (Å²) in [5.41, 5.74) is 5.36. The van der Waals surface area contributed by atoms with Crippen molar-refractivity contribution in [3.8, 4) is 6.07 Å². The normalized spacial score (nSPS) is 19.8. The number of likely N-dealkylation sites (N-methyl/N-ethyl adjacent to an activating group) is 1. The Morgan fingerprint density at radius 1 is 1.31 bits per heavy atom. The van der Waals surface area contributed by atoms with E-state index in [4.69, 9.17) is 20.6 Å². The zero-order valence-corrected chi connectivity index (χ0v) is 23.7. The molecule has 10 nitrogen and oxygen atoms in total. The largest absolute Gasteiger partial charge is 0.466 e. The van der Waals surface area contributed by atoms with Crippen LogP contribution in [0.15, 0.2) is 71.5 Å². The second-order valence-electron chi connectivity index (χ2n) is 10.1. The zero-order chi connectivity index (χ0) is 31.2. The molecule has 1 saturated heterocycles. The summed E-state index contributed by atoms with van der Waals surface area (Å²) in [6.45, 7) is 8.20. The number of rotatable bonds is 8. The number of hydrogen-bond acceptors (Lipinski definition) is 6. The predicted molar refractivity (Wildman–Crippen MR) is 150 cm³/mol. The number of allylic oxidation sites excluding steroid dienone is 5. The fourth-order valence-corrected chi connectivity index (χ4v) is 4.99. The Kier molecular flexibility index (Phi) is 9.98. The van der Waals surface area contributed by atoms with E-state index in [9.17, 15) is 28.0 Å². The topological polar surface area (TPSA) is 133 Å². The first-order valence-electron chi connectivity index (χ1n) is 13.1. The van der Waals surface area contributed by atoms with Gasteiger partial charge in [-0.25, -0.2) is 9.59 Å². The number of methoxy groups -OCH3 is 1. The highest BCUT2D eigenvalue weighted by Crippen LogP contribution is 2.38. The number of quaternary nitrogens is 1.